The van der Waals surface area contributed by atoms with Crippen LogP contribution in [0.4, 0.5) is 0 Å². The lowest BCUT2D eigenvalue weighted by Gasteiger charge is -2.24. The monoisotopic (exact) mass is 583 g/mol. The zero-order valence-corrected chi connectivity index (χ0v) is 24.4. The molecule has 2 bridgehead atoms. The average molecular weight is 584 g/mol. The van der Waals surface area contributed by atoms with Crippen LogP contribution in [0.25, 0.3) is 22.3 Å². The van der Waals surface area contributed by atoms with E-state index in [4.69, 9.17) is 4.74 Å². The average Bonchev–Trinajstić information content (AvgIpc) is 3.78. The number of rotatable bonds is 2. The van der Waals surface area contributed by atoms with E-state index in [0.29, 0.717) is 44.2 Å². The summed E-state index contributed by atoms with van der Waals surface area (Å²) in [6.45, 7) is 3.17. The lowest BCUT2D eigenvalue weighted by atomic mass is 10.2. The van der Waals surface area contributed by atoms with Crippen LogP contribution >= 0.6 is 11.3 Å². The number of carbonyl (C=O) groups excluding carboxylic acids is 2. The normalized spacial score (nSPS) is 15.2. The maximum atomic E-state index is 13.8. The van der Waals surface area contributed by atoms with E-state index in [1.807, 2.05) is 71.6 Å². The van der Waals surface area contributed by atoms with E-state index in [0.717, 1.165) is 53.8 Å². The number of hydrogen-bond acceptors (Lipinski definition) is 7. The van der Waals surface area contributed by atoms with Gasteiger partial charge in [0.25, 0.3) is 11.8 Å². The molecule has 5 aromatic rings. The Bertz CT molecular complexity index is 1680. The topological polar surface area (TPSA) is 98.4 Å². The van der Waals surface area contributed by atoms with Gasteiger partial charge in [0.2, 0.25) is 0 Å². The summed E-state index contributed by atoms with van der Waals surface area (Å²) in [4.78, 5) is 39.7. The van der Waals surface area contributed by atoms with Crippen LogP contribution in [0.2, 0.25) is 0 Å². The minimum Gasteiger partial charge on any atom is -0.492 e. The van der Waals surface area contributed by atoms with Gasteiger partial charge in [-0.15, -0.1) is 11.3 Å². The number of thiazole rings is 1. The van der Waals surface area contributed by atoms with E-state index >= 15 is 0 Å². The minimum atomic E-state index is -0.125. The van der Waals surface area contributed by atoms with E-state index in [1.165, 1.54) is 11.3 Å². The molecule has 0 aliphatic carbocycles. The van der Waals surface area contributed by atoms with E-state index < -0.39 is 0 Å². The van der Waals surface area contributed by atoms with Crippen LogP contribution < -0.4 is 4.74 Å². The van der Waals surface area contributed by atoms with Crippen LogP contribution in [0.3, 0.4) is 0 Å². The van der Waals surface area contributed by atoms with Gasteiger partial charge in [0, 0.05) is 62.0 Å². The molecule has 4 heterocycles. The number of amides is 2. The first-order valence-electron chi connectivity index (χ1n) is 14.2. The third-order valence-corrected chi connectivity index (χ3v) is 8.14. The van der Waals surface area contributed by atoms with Gasteiger partial charge in [-0.25, -0.2) is 9.97 Å². The van der Waals surface area contributed by atoms with Crippen molar-refractivity contribution in [1.29, 1.82) is 0 Å². The van der Waals surface area contributed by atoms with Crippen LogP contribution in [-0.2, 0) is 13.6 Å². The van der Waals surface area contributed by atoms with Crippen molar-refractivity contribution in [3.05, 3.63) is 83.2 Å². The van der Waals surface area contributed by atoms with Gasteiger partial charge < -0.3 is 19.1 Å². The van der Waals surface area contributed by atoms with Crippen molar-refractivity contribution in [2.75, 3.05) is 32.8 Å². The highest BCUT2D eigenvalue weighted by Gasteiger charge is 2.23. The molecule has 0 N–H and O–H groups in total. The molecule has 2 aromatic carbocycles. The first-order chi connectivity index (χ1) is 20.6. The first kappa shape index (κ1) is 27.6. The van der Waals surface area contributed by atoms with Gasteiger partial charge in [-0.1, -0.05) is 30.3 Å². The molecule has 10 nitrogen and oxygen atoms in total. The molecule has 0 radical (unpaired) electrons. The third-order valence-electron chi connectivity index (χ3n) is 7.56. The standard InChI is InChI=1S/C31H33N7O3S/c1-35-27-11-3-2-10-25(27)28(34-35)31(40)38-14-5-4-13-37(30(39)26-21-42-22-33-26)16-7-15-36-17-12-32-29(36)23-8-6-9-24(20-23)41-19-18-38/h2-3,6,8-12,17,20-22H,4-5,7,13-16,18-19H2,1H3. The number of carbonyl (C=O) groups is 2. The Hall–Kier alpha value is -4.51. The summed E-state index contributed by atoms with van der Waals surface area (Å²) in [5, 5.41) is 7.20. The van der Waals surface area contributed by atoms with Crippen LogP contribution in [0.5, 0.6) is 5.75 Å². The smallest absolute Gasteiger partial charge is 0.275 e. The predicted molar refractivity (Wildman–Crippen MR) is 162 cm³/mol. The second-order valence-corrected chi connectivity index (χ2v) is 11.0. The quantitative estimate of drug-likeness (QED) is 0.298. The van der Waals surface area contributed by atoms with Crippen LogP contribution in [0.15, 0.2) is 71.8 Å². The van der Waals surface area contributed by atoms with E-state index in [9.17, 15) is 9.59 Å². The minimum absolute atomic E-state index is 0.0611. The van der Waals surface area contributed by atoms with Crippen molar-refractivity contribution in [1.82, 2.24) is 34.1 Å². The van der Waals surface area contributed by atoms with Crippen LogP contribution in [0.1, 0.15) is 40.2 Å². The lowest BCUT2D eigenvalue weighted by molar-refractivity contribution is 0.0700. The summed E-state index contributed by atoms with van der Waals surface area (Å²) in [6.07, 6.45) is 6.02. The van der Waals surface area contributed by atoms with Crippen LogP contribution in [-0.4, -0.2) is 78.7 Å². The Kier molecular flexibility index (Phi) is 8.27. The molecule has 0 atom stereocenters. The molecule has 0 saturated heterocycles. The SMILES string of the molecule is Cn1nc(C(=O)N2CCCCN(C(=O)c3cscn3)CCCn3ccnc3-c3cccc(c3)OCC2)c2ccccc21. The molecule has 6 rings (SSSR count). The molecule has 11 heteroatoms. The molecule has 1 aliphatic rings. The van der Waals surface area contributed by atoms with Crippen molar-refractivity contribution < 1.29 is 14.3 Å². The maximum Gasteiger partial charge on any atom is 0.275 e. The second kappa shape index (κ2) is 12.6. The fraction of sp³-hybridized carbons (Fsp3) is 0.323. The van der Waals surface area contributed by atoms with Gasteiger partial charge in [0.05, 0.1) is 17.6 Å². The van der Waals surface area contributed by atoms with Gasteiger partial charge >= 0.3 is 0 Å². The number of aromatic nitrogens is 5. The number of fused-ring (bicyclic) bond motifs is 5. The lowest BCUT2D eigenvalue weighted by Crippen LogP contribution is -2.37. The molecule has 0 spiro atoms. The van der Waals surface area contributed by atoms with E-state index in [1.54, 1.807) is 21.8 Å². The van der Waals surface area contributed by atoms with Crippen molar-refractivity contribution in [2.45, 2.75) is 25.8 Å². The first-order valence-corrected chi connectivity index (χ1v) is 15.2. The Balaban J connectivity index is 1.27. The Morgan fingerprint density at radius 1 is 0.881 bits per heavy atom. The predicted octanol–water partition coefficient (Wildman–Crippen LogP) is 4.74. The zero-order valence-electron chi connectivity index (χ0n) is 23.6. The molecule has 3 aromatic heterocycles. The van der Waals surface area contributed by atoms with Gasteiger partial charge in [0.1, 0.15) is 23.9 Å². The Morgan fingerprint density at radius 2 is 1.69 bits per heavy atom. The summed E-state index contributed by atoms with van der Waals surface area (Å²) in [7, 11) is 1.85. The van der Waals surface area contributed by atoms with E-state index in [2.05, 4.69) is 19.6 Å². The van der Waals surface area contributed by atoms with Crippen LogP contribution in [0, 0.1) is 0 Å². The number of hydrogen-bond donors (Lipinski definition) is 0. The molecule has 216 valence electrons. The number of ether oxygens (including phenoxy) is 1. The molecule has 2 amide bonds. The Labute approximate surface area is 248 Å². The molecular formula is C31H33N7O3S. The largest absolute Gasteiger partial charge is 0.492 e. The number of benzene rings is 2. The summed E-state index contributed by atoms with van der Waals surface area (Å²) in [6, 6.07) is 15.6. The third kappa shape index (κ3) is 5.91. The molecular weight excluding hydrogens is 550 g/mol. The van der Waals surface area contributed by atoms with Crippen molar-refractivity contribution in [2.24, 2.45) is 7.05 Å². The maximum absolute atomic E-state index is 13.8. The van der Waals surface area contributed by atoms with Gasteiger partial charge in [-0.3, -0.25) is 14.3 Å². The summed E-state index contributed by atoms with van der Waals surface area (Å²) < 4.78 is 10.0. The molecule has 0 fully saturated rings. The fourth-order valence-electron chi connectivity index (χ4n) is 5.42. The second-order valence-electron chi connectivity index (χ2n) is 10.3. The number of nitrogens with zero attached hydrogens (tertiary/aromatic N) is 7. The van der Waals surface area contributed by atoms with E-state index in [-0.39, 0.29) is 11.8 Å². The summed E-state index contributed by atoms with van der Waals surface area (Å²) in [5.74, 6) is 1.39. The van der Waals surface area contributed by atoms with Gasteiger partial charge in [-0.05, 0) is 37.5 Å². The molecule has 1 aliphatic heterocycles. The van der Waals surface area contributed by atoms with Crippen molar-refractivity contribution in [3.8, 4) is 17.1 Å². The summed E-state index contributed by atoms with van der Waals surface area (Å²) in [5.41, 5.74) is 4.46. The van der Waals surface area contributed by atoms with Crippen molar-refractivity contribution >= 4 is 34.1 Å². The summed E-state index contributed by atoms with van der Waals surface area (Å²) >= 11 is 1.42. The zero-order chi connectivity index (χ0) is 28.9. The van der Waals surface area contributed by atoms with Crippen molar-refractivity contribution in [3.63, 3.8) is 0 Å². The highest BCUT2D eigenvalue weighted by Crippen LogP contribution is 2.24. The number of para-hydroxylation sites is 1. The van der Waals surface area contributed by atoms with Gasteiger partial charge in [0.15, 0.2) is 5.69 Å². The van der Waals surface area contributed by atoms with Gasteiger partial charge in [-0.2, -0.15) is 5.10 Å². The highest BCUT2D eigenvalue weighted by atomic mass is 32.1. The Morgan fingerprint density at radius 3 is 2.52 bits per heavy atom. The molecule has 42 heavy (non-hydrogen) atoms. The highest BCUT2D eigenvalue weighted by molar-refractivity contribution is 7.07. The number of aryl methyl sites for hydroxylation is 2. The molecule has 0 unspecified atom stereocenters. The fourth-order valence-corrected chi connectivity index (χ4v) is 5.94. The molecule has 0 saturated carbocycles. The number of imidazole rings is 1.